The molecule has 0 fully saturated rings. The molecule has 0 aliphatic rings. The highest BCUT2D eigenvalue weighted by molar-refractivity contribution is 5.63. The fourth-order valence-electron chi connectivity index (χ4n) is 1.75. The first-order valence-electron chi connectivity index (χ1n) is 6.55. The first-order chi connectivity index (χ1) is 9.29. The van der Waals surface area contributed by atoms with Gasteiger partial charge in [0.15, 0.2) is 0 Å². The number of hydrogen-bond acceptors (Lipinski definition) is 2. The molecule has 0 unspecified atom stereocenters. The van der Waals surface area contributed by atoms with Crippen molar-refractivity contribution >= 4 is 5.70 Å². The molecule has 0 bridgehead atoms. The average molecular weight is 253 g/mol. The molecule has 0 heterocycles. The molecule has 0 aliphatic heterocycles. The van der Waals surface area contributed by atoms with Crippen LogP contribution in [0.15, 0.2) is 61.2 Å². The van der Waals surface area contributed by atoms with E-state index in [1.165, 1.54) is 0 Å². The monoisotopic (exact) mass is 253 g/mol. The molecule has 19 heavy (non-hydrogen) atoms. The summed E-state index contributed by atoms with van der Waals surface area (Å²) in [6.07, 6.45) is 1.08. The Morgan fingerprint density at radius 2 is 1.79 bits per heavy atom. The Labute approximate surface area is 114 Å². The summed E-state index contributed by atoms with van der Waals surface area (Å²) in [5.41, 5.74) is 1.99. The molecule has 2 heteroatoms. The Bertz CT molecular complexity index is 534. The van der Waals surface area contributed by atoms with E-state index in [0.717, 1.165) is 35.7 Å². The normalized spacial score (nSPS) is 9.95. The average Bonchev–Trinajstić information content (AvgIpc) is 2.46. The number of para-hydroxylation sites is 1. The van der Waals surface area contributed by atoms with Gasteiger partial charge in [-0.25, -0.2) is 0 Å². The second-order valence-corrected chi connectivity index (χ2v) is 4.35. The Morgan fingerprint density at radius 3 is 2.53 bits per heavy atom. The van der Waals surface area contributed by atoms with Gasteiger partial charge >= 0.3 is 0 Å². The third kappa shape index (κ3) is 3.88. The molecule has 0 saturated heterocycles. The van der Waals surface area contributed by atoms with Gasteiger partial charge in [0.1, 0.15) is 11.5 Å². The second-order valence-electron chi connectivity index (χ2n) is 4.35. The van der Waals surface area contributed by atoms with Crippen molar-refractivity contribution in [1.29, 1.82) is 0 Å². The maximum Gasteiger partial charge on any atom is 0.128 e. The number of hydrogen-bond donors (Lipinski definition) is 1. The van der Waals surface area contributed by atoms with Gasteiger partial charge in [-0.1, -0.05) is 43.8 Å². The van der Waals surface area contributed by atoms with E-state index in [0.29, 0.717) is 0 Å². The molecule has 2 rings (SSSR count). The lowest BCUT2D eigenvalue weighted by Gasteiger charge is -2.11. The van der Waals surface area contributed by atoms with E-state index in [1.54, 1.807) is 0 Å². The molecule has 2 aromatic rings. The lowest BCUT2D eigenvalue weighted by molar-refractivity contribution is 0.482. The smallest absolute Gasteiger partial charge is 0.128 e. The highest BCUT2D eigenvalue weighted by Crippen LogP contribution is 2.23. The standard InChI is InChI=1S/C17H19NO/c1-3-12-18-14(2)15-8-7-11-17(13-15)19-16-9-5-4-6-10-16/h4-11,13,18H,2-3,12H2,1H3. The van der Waals surface area contributed by atoms with Crippen LogP contribution in [-0.4, -0.2) is 6.54 Å². The van der Waals surface area contributed by atoms with Gasteiger partial charge in [-0.2, -0.15) is 0 Å². The van der Waals surface area contributed by atoms with E-state index in [2.05, 4.69) is 18.8 Å². The van der Waals surface area contributed by atoms with Crippen molar-refractivity contribution < 1.29 is 4.74 Å². The minimum Gasteiger partial charge on any atom is -0.457 e. The predicted octanol–water partition coefficient (Wildman–Crippen LogP) is 4.45. The summed E-state index contributed by atoms with van der Waals surface area (Å²) >= 11 is 0. The van der Waals surface area contributed by atoms with Crippen LogP contribution in [0.3, 0.4) is 0 Å². The minimum atomic E-state index is 0.822. The number of nitrogens with one attached hydrogen (secondary N) is 1. The number of rotatable bonds is 6. The Morgan fingerprint density at radius 1 is 1.05 bits per heavy atom. The van der Waals surface area contributed by atoms with Crippen LogP contribution in [0.5, 0.6) is 11.5 Å². The molecule has 0 atom stereocenters. The molecule has 0 saturated carbocycles. The maximum absolute atomic E-state index is 5.80. The molecule has 0 amide bonds. The molecular weight excluding hydrogens is 234 g/mol. The summed E-state index contributed by atoms with van der Waals surface area (Å²) in [4.78, 5) is 0. The lowest BCUT2D eigenvalue weighted by atomic mass is 10.1. The molecule has 1 N–H and O–H groups in total. The van der Waals surface area contributed by atoms with Gasteiger partial charge in [0, 0.05) is 17.8 Å². The molecule has 0 radical (unpaired) electrons. The van der Waals surface area contributed by atoms with E-state index in [9.17, 15) is 0 Å². The lowest BCUT2D eigenvalue weighted by Crippen LogP contribution is -2.11. The van der Waals surface area contributed by atoms with Gasteiger partial charge in [0.2, 0.25) is 0 Å². The van der Waals surface area contributed by atoms with Crippen molar-refractivity contribution in [2.24, 2.45) is 0 Å². The van der Waals surface area contributed by atoms with E-state index < -0.39 is 0 Å². The van der Waals surface area contributed by atoms with Crippen LogP contribution in [0.1, 0.15) is 18.9 Å². The van der Waals surface area contributed by atoms with Crippen LogP contribution >= 0.6 is 0 Å². The maximum atomic E-state index is 5.80. The minimum absolute atomic E-state index is 0.822. The molecule has 0 aromatic heterocycles. The van der Waals surface area contributed by atoms with Gasteiger partial charge in [-0.3, -0.25) is 0 Å². The van der Waals surface area contributed by atoms with Crippen LogP contribution in [0.25, 0.3) is 5.70 Å². The van der Waals surface area contributed by atoms with Crippen LogP contribution in [0.4, 0.5) is 0 Å². The fraction of sp³-hybridized carbons (Fsp3) is 0.176. The highest BCUT2D eigenvalue weighted by atomic mass is 16.5. The zero-order chi connectivity index (χ0) is 13.5. The molecule has 0 aliphatic carbocycles. The zero-order valence-corrected chi connectivity index (χ0v) is 11.2. The van der Waals surface area contributed by atoms with Crippen LogP contribution in [0.2, 0.25) is 0 Å². The number of benzene rings is 2. The second kappa shape index (κ2) is 6.64. The first kappa shape index (κ1) is 13.2. The Kier molecular flexibility index (Phi) is 4.62. The van der Waals surface area contributed by atoms with Crippen molar-refractivity contribution in [2.45, 2.75) is 13.3 Å². The van der Waals surface area contributed by atoms with Gasteiger partial charge in [-0.15, -0.1) is 0 Å². The summed E-state index contributed by atoms with van der Waals surface area (Å²) in [5, 5.41) is 3.29. The van der Waals surface area contributed by atoms with Gasteiger partial charge in [-0.05, 0) is 30.7 Å². The van der Waals surface area contributed by atoms with Crippen LogP contribution in [0, 0.1) is 0 Å². The van der Waals surface area contributed by atoms with Crippen molar-refractivity contribution in [1.82, 2.24) is 5.32 Å². The molecule has 0 spiro atoms. The van der Waals surface area contributed by atoms with Crippen molar-refractivity contribution in [3.63, 3.8) is 0 Å². The third-order valence-corrected chi connectivity index (χ3v) is 2.75. The molecular formula is C17H19NO. The summed E-state index contributed by atoms with van der Waals surface area (Å²) in [6, 6.07) is 17.7. The molecule has 2 aromatic carbocycles. The van der Waals surface area contributed by atoms with E-state index in [-0.39, 0.29) is 0 Å². The predicted molar refractivity (Wildman–Crippen MR) is 80.3 cm³/mol. The van der Waals surface area contributed by atoms with Gasteiger partial charge in [0.25, 0.3) is 0 Å². The highest BCUT2D eigenvalue weighted by Gasteiger charge is 2.01. The quantitative estimate of drug-likeness (QED) is 0.821. The third-order valence-electron chi connectivity index (χ3n) is 2.75. The van der Waals surface area contributed by atoms with E-state index >= 15 is 0 Å². The van der Waals surface area contributed by atoms with E-state index in [4.69, 9.17) is 4.74 Å². The van der Waals surface area contributed by atoms with Crippen LogP contribution < -0.4 is 10.1 Å². The summed E-state index contributed by atoms with van der Waals surface area (Å²) in [6.45, 7) is 7.11. The van der Waals surface area contributed by atoms with Crippen molar-refractivity contribution in [3.05, 3.63) is 66.7 Å². The van der Waals surface area contributed by atoms with Gasteiger partial charge in [0.05, 0.1) is 0 Å². The first-order valence-corrected chi connectivity index (χ1v) is 6.55. The summed E-state index contributed by atoms with van der Waals surface area (Å²) < 4.78 is 5.80. The van der Waals surface area contributed by atoms with Gasteiger partial charge < -0.3 is 10.1 Å². The van der Waals surface area contributed by atoms with E-state index in [1.807, 2.05) is 54.6 Å². The summed E-state index contributed by atoms with van der Waals surface area (Å²) in [7, 11) is 0. The van der Waals surface area contributed by atoms with Crippen LogP contribution in [-0.2, 0) is 0 Å². The Hall–Kier alpha value is -2.22. The van der Waals surface area contributed by atoms with Crippen molar-refractivity contribution in [2.75, 3.05) is 6.54 Å². The molecule has 98 valence electrons. The molecule has 2 nitrogen and oxygen atoms in total. The number of ether oxygens (including phenoxy) is 1. The Balaban J connectivity index is 2.09. The summed E-state index contributed by atoms with van der Waals surface area (Å²) in [5.74, 6) is 1.66. The van der Waals surface area contributed by atoms with Crippen molar-refractivity contribution in [3.8, 4) is 11.5 Å². The zero-order valence-electron chi connectivity index (χ0n) is 11.2. The largest absolute Gasteiger partial charge is 0.457 e. The SMILES string of the molecule is C=C(NCCC)c1cccc(Oc2ccccc2)c1. The topological polar surface area (TPSA) is 21.3 Å². The fourth-order valence-corrected chi connectivity index (χ4v) is 1.75.